The molecule has 0 aromatic carbocycles. The summed E-state index contributed by atoms with van der Waals surface area (Å²) >= 11 is 0. The van der Waals surface area contributed by atoms with E-state index in [1.54, 1.807) is 0 Å². The van der Waals surface area contributed by atoms with Crippen LogP contribution in [0.4, 0.5) is 0 Å². The predicted molar refractivity (Wildman–Crippen MR) is 168 cm³/mol. The molecular formula is C35H46I2N2O4. The average molecular weight is 813 g/mol. The molecule has 1 N–H and O–H groups in total. The molecule has 8 saturated carbocycles. The van der Waals surface area contributed by atoms with Crippen LogP contribution in [0.15, 0.2) is 47.1 Å². The van der Waals surface area contributed by atoms with Gasteiger partial charge in [-0.25, -0.2) is 14.2 Å². The van der Waals surface area contributed by atoms with Crippen molar-refractivity contribution >= 4 is 35.9 Å². The van der Waals surface area contributed by atoms with Crippen LogP contribution in [0.2, 0.25) is 0 Å². The van der Waals surface area contributed by atoms with Gasteiger partial charge in [-0.1, -0.05) is 0 Å². The minimum absolute atomic E-state index is 0. The Labute approximate surface area is 290 Å². The second-order valence-corrected chi connectivity index (χ2v) is 15.4. The molecule has 2 heterocycles. The lowest BCUT2D eigenvalue weighted by molar-refractivity contribution is -0.671. The number of nitrogens with zero attached hydrogens (tertiary/aromatic N) is 1. The maximum Gasteiger partial charge on any atom is 0.337 e. The van der Waals surface area contributed by atoms with Crippen LogP contribution in [0.3, 0.4) is 0 Å². The standard InChI is InChI=1S/C35H44N2O4.2HI/c1-20-29(32(38)40-34-13-22-7-23(14-34)9-24(8-22)15-34)31(28-5-4-6-37(3)19-28)30(21(2)36-20)33(39)41-35-16-25-10-26(17-35)12-27(11-25)18-35;;/h4-6,19,22-27,31H,7-18H2,1-3H3;2*1H. The van der Waals surface area contributed by atoms with Gasteiger partial charge in [0, 0.05) is 23.0 Å². The quantitative estimate of drug-likeness (QED) is 0.281. The van der Waals surface area contributed by atoms with Crippen LogP contribution in [0.25, 0.3) is 0 Å². The predicted octanol–water partition coefficient (Wildman–Crippen LogP) is 3.39. The summed E-state index contributed by atoms with van der Waals surface area (Å²) in [5, 5.41) is 3.42. The van der Waals surface area contributed by atoms with Crippen LogP contribution >= 0.6 is 24.0 Å². The number of allylic oxidation sites excluding steroid dienone is 2. The summed E-state index contributed by atoms with van der Waals surface area (Å²) in [5.74, 6) is 3.07. The molecule has 0 unspecified atom stereocenters. The fourth-order valence-electron chi connectivity index (χ4n) is 11.5. The highest BCUT2D eigenvalue weighted by molar-refractivity contribution is 14.0. The second kappa shape index (κ2) is 11.6. The molecule has 1 aromatic heterocycles. The monoisotopic (exact) mass is 812 g/mol. The van der Waals surface area contributed by atoms with E-state index < -0.39 is 5.92 Å². The lowest BCUT2D eigenvalue weighted by Gasteiger charge is -2.56. The largest absolute Gasteiger partial charge is 1.00 e. The number of carbonyl (C=O) groups is 2. The van der Waals surface area contributed by atoms with Crippen molar-refractivity contribution in [1.29, 1.82) is 0 Å². The molecular weight excluding hydrogens is 766 g/mol. The van der Waals surface area contributed by atoms with E-state index in [2.05, 4.69) is 5.32 Å². The van der Waals surface area contributed by atoms with Crippen molar-refractivity contribution in [1.82, 2.24) is 5.32 Å². The number of dihydropyridines is 1. The molecule has 10 rings (SSSR count). The number of carbonyl (C=O) groups excluding carboxylic acids is 2. The lowest BCUT2D eigenvalue weighted by atomic mass is 9.54. The zero-order valence-electron chi connectivity index (χ0n) is 25.7. The van der Waals surface area contributed by atoms with Crippen LogP contribution in [0, 0.1) is 35.5 Å². The van der Waals surface area contributed by atoms with Gasteiger partial charge in [-0.3, -0.25) is 0 Å². The van der Waals surface area contributed by atoms with E-state index in [0.717, 1.165) is 55.5 Å². The molecule has 8 heteroatoms. The van der Waals surface area contributed by atoms with E-state index in [1.165, 1.54) is 38.5 Å². The van der Waals surface area contributed by atoms with Gasteiger partial charge in [-0.05, 0) is 132 Å². The number of ether oxygens (including phenoxy) is 2. The van der Waals surface area contributed by atoms with Crippen molar-refractivity contribution in [2.45, 2.75) is 108 Å². The van der Waals surface area contributed by atoms with Gasteiger partial charge in [0.2, 0.25) is 0 Å². The van der Waals surface area contributed by atoms with E-state index in [1.807, 2.05) is 50.0 Å². The number of rotatable bonds is 5. The van der Waals surface area contributed by atoms with Gasteiger partial charge in [-0.2, -0.15) is 0 Å². The summed E-state index contributed by atoms with van der Waals surface area (Å²) < 4.78 is 15.2. The van der Waals surface area contributed by atoms with Gasteiger partial charge in [0.1, 0.15) is 18.2 Å². The number of nitrogens with one attached hydrogen (secondary N) is 1. The Morgan fingerprint density at radius 1 is 0.744 bits per heavy atom. The summed E-state index contributed by atoms with van der Waals surface area (Å²) in [6.07, 6.45) is 17.7. The maximum atomic E-state index is 14.3. The van der Waals surface area contributed by atoms with E-state index in [9.17, 15) is 9.59 Å². The van der Waals surface area contributed by atoms with E-state index in [4.69, 9.17) is 9.47 Å². The number of hydrogen-bond donors (Lipinski definition) is 1. The highest BCUT2D eigenvalue weighted by atomic mass is 127. The smallest absolute Gasteiger partial charge is 0.337 e. The average Bonchev–Trinajstić information content (AvgIpc) is 2.85. The number of aryl methyl sites for hydroxylation is 1. The molecule has 0 saturated heterocycles. The molecule has 8 fully saturated rings. The van der Waals surface area contributed by atoms with E-state index in [-0.39, 0.29) is 71.1 Å². The minimum Gasteiger partial charge on any atom is -1.00 e. The van der Waals surface area contributed by atoms with Crippen LogP contribution < -0.4 is 33.9 Å². The maximum absolute atomic E-state index is 14.3. The molecule has 0 amide bonds. The topological polar surface area (TPSA) is 68.5 Å². The molecule has 0 spiro atoms. The molecule has 6 nitrogen and oxygen atoms in total. The Bertz CT molecular complexity index is 1230. The third kappa shape index (κ3) is 5.60. The first-order valence-corrected chi connectivity index (χ1v) is 16.3. The third-order valence-electron chi connectivity index (χ3n) is 12.1. The lowest BCUT2D eigenvalue weighted by Crippen LogP contribution is -3.00. The summed E-state index contributed by atoms with van der Waals surface area (Å²) in [6, 6.07) is 4.03. The van der Waals surface area contributed by atoms with E-state index in [0.29, 0.717) is 46.7 Å². The van der Waals surface area contributed by atoms with Gasteiger partial charge >= 0.3 is 11.9 Å². The second-order valence-electron chi connectivity index (χ2n) is 15.4. The molecule has 234 valence electrons. The molecule has 8 aliphatic carbocycles. The fraction of sp³-hybridized carbons (Fsp3) is 0.686. The van der Waals surface area contributed by atoms with E-state index >= 15 is 0 Å². The zero-order chi connectivity index (χ0) is 28.1. The molecule has 1 aromatic rings. The van der Waals surface area contributed by atoms with Gasteiger partial charge in [0.15, 0.2) is 12.4 Å². The van der Waals surface area contributed by atoms with Crippen LogP contribution in [-0.4, -0.2) is 23.1 Å². The van der Waals surface area contributed by atoms with Crippen molar-refractivity contribution in [2.75, 3.05) is 0 Å². The van der Waals surface area contributed by atoms with Crippen molar-refractivity contribution in [3.8, 4) is 0 Å². The summed E-state index contributed by atoms with van der Waals surface area (Å²) in [5.41, 5.74) is 2.91. The Morgan fingerprint density at radius 2 is 1.12 bits per heavy atom. The fourth-order valence-corrected chi connectivity index (χ4v) is 11.5. The summed E-state index contributed by atoms with van der Waals surface area (Å²) in [7, 11) is 1.98. The van der Waals surface area contributed by atoms with Gasteiger partial charge < -0.3 is 38.8 Å². The number of pyridine rings is 1. The summed E-state index contributed by atoms with van der Waals surface area (Å²) in [6.45, 7) is 3.91. The molecule has 1 aliphatic heterocycles. The van der Waals surface area contributed by atoms with Crippen LogP contribution in [0.5, 0.6) is 0 Å². The minimum atomic E-state index is -0.522. The van der Waals surface area contributed by atoms with Gasteiger partial charge in [0.05, 0.1) is 17.1 Å². The van der Waals surface area contributed by atoms with Crippen LogP contribution in [0.1, 0.15) is 102 Å². The first-order chi connectivity index (χ1) is 19.7. The van der Waals surface area contributed by atoms with Crippen LogP contribution in [-0.2, 0) is 26.1 Å². The number of aromatic nitrogens is 1. The molecule has 9 aliphatic rings. The third-order valence-corrected chi connectivity index (χ3v) is 12.1. The molecule has 8 bridgehead atoms. The van der Waals surface area contributed by atoms with Gasteiger partial charge in [0.25, 0.3) is 0 Å². The molecule has 0 radical (unpaired) electrons. The highest BCUT2D eigenvalue weighted by Gasteiger charge is 2.56. The van der Waals surface area contributed by atoms with Crippen molar-refractivity contribution < 1.29 is 47.6 Å². The normalized spacial score (nSPS) is 40.0. The number of esters is 2. The summed E-state index contributed by atoms with van der Waals surface area (Å²) in [4.78, 5) is 28.7. The highest BCUT2D eigenvalue weighted by Crippen LogP contribution is 2.59. The Morgan fingerprint density at radius 3 is 1.47 bits per heavy atom. The van der Waals surface area contributed by atoms with Gasteiger partial charge in [-0.15, -0.1) is 24.0 Å². The van der Waals surface area contributed by atoms with Crippen molar-refractivity contribution in [3.63, 3.8) is 0 Å². The SMILES string of the molecule is CC1=C(C(=O)OC23CC4CC(CC(C4)C2)C3)C(c2ccc[n+](C)c2)C(C(=O)OC23CC4CC(CC(C4)C2)C3)=C(C)N1.I.[I-]. The molecule has 0 atom stereocenters. The molecule has 43 heavy (non-hydrogen) atoms. The van der Waals surface area contributed by atoms with Crippen molar-refractivity contribution in [2.24, 2.45) is 42.6 Å². The Hall–Kier alpha value is -1.17. The Balaban J connectivity index is 0.00000165. The number of hydrogen-bond acceptors (Lipinski definition) is 5. The number of halogens is 2. The Kier molecular flexibility index (Phi) is 8.55. The first kappa shape index (κ1) is 31.8. The van der Waals surface area contributed by atoms with Crippen molar-refractivity contribution in [3.05, 3.63) is 52.6 Å². The zero-order valence-corrected chi connectivity index (χ0v) is 30.2. The first-order valence-electron chi connectivity index (χ1n) is 16.3.